The number of hydrogen-bond acceptors (Lipinski definition) is 6. The summed E-state index contributed by atoms with van der Waals surface area (Å²) in [6.07, 6.45) is 1.68. The van der Waals surface area contributed by atoms with E-state index in [1.807, 2.05) is 7.05 Å². The minimum Gasteiger partial charge on any atom is -0.493 e. The Bertz CT molecular complexity index is 409. The van der Waals surface area contributed by atoms with Gasteiger partial charge in [0.2, 0.25) is 0 Å². The quantitative estimate of drug-likeness (QED) is 0.562. The number of aromatic nitrogens is 2. The molecular weight excluding hydrogens is 246 g/mol. The van der Waals surface area contributed by atoms with Crippen molar-refractivity contribution in [2.75, 3.05) is 33.4 Å². The Balaban J connectivity index is 2.21. The first-order chi connectivity index (χ1) is 9.21. The van der Waals surface area contributed by atoms with Crippen LogP contribution in [0, 0.1) is 0 Å². The van der Waals surface area contributed by atoms with E-state index in [4.69, 9.17) is 15.3 Å². The molecule has 1 aromatic rings. The number of nitrogens with one attached hydrogen (secondary N) is 1. The van der Waals surface area contributed by atoms with E-state index in [0.29, 0.717) is 0 Å². The van der Waals surface area contributed by atoms with Gasteiger partial charge in [-0.15, -0.1) is 0 Å². The van der Waals surface area contributed by atoms with Crippen LogP contribution in [0.3, 0.4) is 0 Å². The van der Waals surface area contributed by atoms with E-state index < -0.39 is 0 Å². The van der Waals surface area contributed by atoms with Crippen molar-refractivity contribution in [3.63, 3.8) is 0 Å². The number of ether oxygens (including phenoxy) is 2. The van der Waals surface area contributed by atoms with E-state index in [1.165, 1.54) is 0 Å². The van der Waals surface area contributed by atoms with Gasteiger partial charge in [0.25, 0.3) is 0 Å². The SMILES string of the molecule is CCN1CCOC(C(NN)c2c(OC)cnn2C)C1. The molecule has 7 heteroatoms. The molecule has 0 aromatic carbocycles. The van der Waals surface area contributed by atoms with E-state index in [2.05, 4.69) is 22.3 Å². The van der Waals surface area contributed by atoms with E-state index in [-0.39, 0.29) is 12.1 Å². The van der Waals surface area contributed by atoms with Crippen LogP contribution in [0.2, 0.25) is 0 Å². The number of morpholine rings is 1. The number of aryl methyl sites for hydroxylation is 1. The van der Waals surface area contributed by atoms with E-state index in [9.17, 15) is 0 Å². The molecule has 2 rings (SSSR count). The van der Waals surface area contributed by atoms with Gasteiger partial charge in [0.1, 0.15) is 5.69 Å². The molecule has 0 amide bonds. The van der Waals surface area contributed by atoms with Gasteiger partial charge in [0, 0.05) is 20.1 Å². The van der Waals surface area contributed by atoms with Crippen molar-refractivity contribution in [1.82, 2.24) is 20.1 Å². The lowest BCUT2D eigenvalue weighted by Gasteiger charge is -2.36. The Kier molecular flexibility index (Phi) is 4.76. The predicted molar refractivity (Wildman–Crippen MR) is 71.7 cm³/mol. The summed E-state index contributed by atoms with van der Waals surface area (Å²) in [6.45, 7) is 5.70. The summed E-state index contributed by atoms with van der Waals surface area (Å²) < 4.78 is 13.0. The lowest BCUT2D eigenvalue weighted by atomic mass is 10.1. The minimum absolute atomic E-state index is 0.0111. The van der Waals surface area contributed by atoms with Crippen molar-refractivity contribution >= 4 is 0 Å². The lowest BCUT2D eigenvalue weighted by molar-refractivity contribution is -0.0472. The number of nitrogens with zero attached hydrogens (tertiary/aromatic N) is 3. The smallest absolute Gasteiger partial charge is 0.161 e. The number of rotatable bonds is 5. The first-order valence-electron chi connectivity index (χ1n) is 6.57. The van der Waals surface area contributed by atoms with Crippen molar-refractivity contribution in [2.24, 2.45) is 12.9 Å². The van der Waals surface area contributed by atoms with Crippen LogP contribution < -0.4 is 16.0 Å². The maximum Gasteiger partial charge on any atom is 0.161 e. The fraction of sp³-hybridized carbons (Fsp3) is 0.750. The zero-order valence-electron chi connectivity index (χ0n) is 11.8. The average molecular weight is 269 g/mol. The van der Waals surface area contributed by atoms with E-state index in [0.717, 1.165) is 37.7 Å². The van der Waals surface area contributed by atoms with E-state index in [1.54, 1.807) is 18.0 Å². The minimum atomic E-state index is -0.142. The molecule has 1 aliphatic rings. The third-order valence-electron chi connectivity index (χ3n) is 3.64. The molecule has 0 radical (unpaired) electrons. The highest BCUT2D eigenvalue weighted by atomic mass is 16.5. The number of nitrogens with two attached hydrogens (primary N) is 1. The van der Waals surface area contributed by atoms with E-state index >= 15 is 0 Å². The average Bonchev–Trinajstić information content (AvgIpc) is 2.82. The van der Waals surface area contributed by atoms with Crippen LogP contribution in [0.4, 0.5) is 0 Å². The molecule has 108 valence electrons. The lowest BCUT2D eigenvalue weighted by Crippen LogP contribution is -2.50. The molecule has 2 heterocycles. The van der Waals surface area contributed by atoms with Gasteiger partial charge < -0.3 is 9.47 Å². The second kappa shape index (κ2) is 6.33. The van der Waals surface area contributed by atoms with Gasteiger partial charge in [-0.1, -0.05) is 6.92 Å². The van der Waals surface area contributed by atoms with Gasteiger partial charge in [-0.3, -0.25) is 15.4 Å². The molecular formula is C12H23N5O2. The second-order valence-corrected chi connectivity index (χ2v) is 4.67. The Morgan fingerprint density at radius 1 is 1.68 bits per heavy atom. The highest BCUT2D eigenvalue weighted by Crippen LogP contribution is 2.28. The van der Waals surface area contributed by atoms with Gasteiger partial charge in [-0.2, -0.15) is 5.10 Å². The highest BCUT2D eigenvalue weighted by molar-refractivity contribution is 5.29. The molecule has 3 N–H and O–H groups in total. The van der Waals surface area contributed by atoms with Gasteiger partial charge in [0.05, 0.1) is 32.1 Å². The van der Waals surface area contributed by atoms with Crippen molar-refractivity contribution in [3.05, 3.63) is 11.9 Å². The topological polar surface area (TPSA) is 77.6 Å². The van der Waals surface area contributed by atoms with Gasteiger partial charge in [0.15, 0.2) is 5.75 Å². The number of likely N-dealkylation sites (N-methyl/N-ethyl adjacent to an activating group) is 1. The van der Waals surface area contributed by atoms with Gasteiger partial charge >= 0.3 is 0 Å². The number of methoxy groups -OCH3 is 1. The molecule has 0 spiro atoms. The molecule has 0 bridgehead atoms. The fourth-order valence-corrected chi connectivity index (χ4v) is 2.52. The van der Waals surface area contributed by atoms with Crippen molar-refractivity contribution < 1.29 is 9.47 Å². The van der Waals surface area contributed by atoms with Gasteiger partial charge in [-0.25, -0.2) is 5.43 Å². The Morgan fingerprint density at radius 2 is 2.47 bits per heavy atom. The number of hydrogen-bond donors (Lipinski definition) is 2. The monoisotopic (exact) mass is 269 g/mol. The van der Waals surface area contributed by atoms with Crippen LogP contribution in [0.5, 0.6) is 5.75 Å². The Labute approximate surface area is 113 Å². The standard InChI is InChI=1S/C12H23N5O2/c1-4-17-5-6-19-10(8-17)11(15-13)12-9(18-3)7-14-16(12)2/h7,10-11,15H,4-6,8,13H2,1-3H3. The van der Waals surface area contributed by atoms with Crippen LogP contribution in [-0.2, 0) is 11.8 Å². The molecule has 2 atom stereocenters. The van der Waals surface area contributed by atoms with Crippen molar-refractivity contribution in [2.45, 2.75) is 19.1 Å². The van der Waals surface area contributed by atoms with Crippen LogP contribution in [0.25, 0.3) is 0 Å². The summed E-state index contributed by atoms with van der Waals surface area (Å²) in [5, 5.41) is 4.22. The second-order valence-electron chi connectivity index (χ2n) is 4.67. The van der Waals surface area contributed by atoms with Crippen LogP contribution in [0.15, 0.2) is 6.20 Å². The summed E-state index contributed by atoms with van der Waals surface area (Å²) >= 11 is 0. The maximum atomic E-state index is 5.86. The van der Waals surface area contributed by atoms with Gasteiger partial charge in [-0.05, 0) is 6.54 Å². The third kappa shape index (κ3) is 2.89. The first-order valence-corrected chi connectivity index (χ1v) is 6.57. The zero-order chi connectivity index (χ0) is 13.8. The summed E-state index contributed by atoms with van der Waals surface area (Å²) in [5.74, 6) is 6.45. The summed E-state index contributed by atoms with van der Waals surface area (Å²) in [4.78, 5) is 2.35. The molecule has 1 aliphatic heterocycles. The summed E-state index contributed by atoms with van der Waals surface area (Å²) in [6, 6.07) is -0.142. The molecule has 7 nitrogen and oxygen atoms in total. The largest absolute Gasteiger partial charge is 0.493 e. The number of hydrazine groups is 1. The third-order valence-corrected chi connectivity index (χ3v) is 3.64. The molecule has 0 aliphatic carbocycles. The molecule has 0 saturated carbocycles. The maximum absolute atomic E-state index is 5.86. The van der Waals surface area contributed by atoms with Crippen LogP contribution in [-0.4, -0.2) is 54.1 Å². The first kappa shape index (κ1) is 14.3. The zero-order valence-corrected chi connectivity index (χ0v) is 11.8. The van der Waals surface area contributed by atoms with Crippen molar-refractivity contribution in [1.29, 1.82) is 0 Å². The fourth-order valence-electron chi connectivity index (χ4n) is 2.52. The Hall–Kier alpha value is -1.15. The molecule has 2 unspecified atom stereocenters. The predicted octanol–water partition coefficient (Wildman–Crippen LogP) is -0.346. The highest BCUT2D eigenvalue weighted by Gasteiger charge is 2.32. The molecule has 1 fully saturated rings. The summed E-state index contributed by atoms with van der Waals surface area (Å²) in [7, 11) is 3.51. The molecule has 1 saturated heterocycles. The molecule has 19 heavy (non-hydrogen) atoms. The van der Waals surface area contributed by atoms with Crippen molar-refractivity contribution in [3.8, 4) is 5.75 Å². The summed E-state index contributed by atoms with van der Waals surface area (Å²) in [5.41, 5.74) is 3.75. The van der Waals surface area contributed by atoms with Crippen LogP contribution >= 0.6 is 0 Å². The van der Waals surface area contributed by atoms with Crippen LogP contribution in [0.1, 0.15) is 18.7 Å². The Morgan fingerprint density at radius 3 is 3.11 bits per heavy atom. The molecule has 1 aromatic heterocycles. The normalized spacial score (nSPS) is 22.4.